The fourth-order valence-corrected chi connectivity index (χ4v) is 1.42. The average molecular weight is 239 g/mol. The number of nitrogens with two attached hydrogens (primary N) is 1. The molecule has 1 aromatic rings. The number of rotatable bonds is 3. The summed E-state index contributed by atoms with van der Waals surface area (Å²) in [5, 5.41) is 27.9. The minimum atomic E-state index is -1.27. The maximum Gasteiger partial charge on any atom is 0.327 e. The second-order valence-electron chi connectivity index (χ2n) is 3.63. The molecule has 0 fully saturated rings. The summed E-state index contributed by atoms with van der Waals surface area (Å²) < 4.78 is 10.3. The predicted octanol–water partition coefficient (Wildman–Crippen LogP) is 0.127. The Hall–Kier alpha value is -1.92. The van der Waals surface area contributed by atoms with Gasteiger partial charge in [0, 0.05) is 5.69 Å². The van der Waals surface area contributed by atoms with E-state index in [1.165, 1.54) is 0 Å². The van der Waals surface area contributed by atoms with Crippen LogP contribution in [0.5, 0.6) is 5.75 Å². The molecule has 2 rings (SSSR count). The molecule has 5 N–H and O–H groups in total. The van der Waals surface area contributed by atoms with E-state index in [9.17, 15) is 10.2 Å². The van der Waals surface area contributed by atoms with Crippen molar-refractivity contribution >= 4 is 5.69 Å². The summed E-state index contributed by atoms with van der Waals surface area (Å²) in [4.78, 5) is 0. The molecular weight excluding hydrogens is 226 g/mol. The van der Waals surface area contributed by atoms with E-state index in [2.05, 4.69) is 0 Å². The number of nitrogen functional groups attached to an aromatic ring is 1. The minimum absolute atomic E-state index is 0.207. The lowest BCUT2D eigenvalue weighted by molar-refractivity contribution is -0.0180. The van der Waals surface area contributed by atoms with Gasteiger partial charge in [0.15, 0.2) is 12.2 Å². The number of aliphatic hydroxyl groups is 3. The van der Waals surface area contributed by atoms with E-state index in [0.29, 0.717) is 11.4 Å². The summed E-state index contributed by atoms with van der Waals surface area (Å²) in [5.41, 5.74) is 6.09. The van der Waals surface area contributed by atoms with Crippen LogP contribution in [-0.2, 0) is 4.74 Å². The van der Waals surface area contributed by atoms with Crippen LogP contribution >= 0.6 is 0 Å². The van der Waals surface area contributed by atoms with Crippen molar-refractivity contribution < 1.29 is 24.8 Å². The highest BCUT2D eigenvalue weighted by molar-refractivity contribution is 5.42. The van der Waals surface area contributed by atoms with Gasteiger partial charge in [0.2, 0.25) is 5.76 Å². The number of aliphatic hydroxyl groups excluding tert-OH is 3. The molecule has 1 aliphatic rings. The van der Waals surface area contributed by atoms with Crippen molar-refractivity contribution in [1.82, 2.24) is 0 Å². The summed E-state index contributed by atoms with van der Waals surface area (Å²) in [5.74, 6) is -0.228. The molecule has 6 nitrogen and oxygen atoms in total. The quantitative estimate of drug-likeness (QED) is 0.559. The van der Waals surface area contributed by atoms with Gasteiger partial charge in [0.05, 0.1) is 6.61 Å². The topological polar surface area (TPSA) is 105 Å². The lowest BCUT2D eigenvalue weighted by Crippen LogP contribution is -2.27. The lowest BCUT2D eigenvalue weighted by Gasteiger charge is -2.11. The summed E-state index contributed by atoms with van der Waals surface area (Å²) >= 11 is 0. The van der Waals surface area contributed by atoms with Crippen molar-refractivity contribution in [3.8, 4) is 5.75 Å². The third-order valence-corrected chi connectivity index (χ3v) is 2.37. The zero-order valence-corrected chi connectivity index (χ0v) is 8.91. The molecule has 6 heteroatoms. The Morgan fingerprint density at radius 2 is 1.94 bits per heavy atom. The van der Waals surface area contributed by atoms with Crippen LogP contribution in [0.3, 0.4) is 0 Å². The van der Waals surface area contributed by atoms with E-state index >= 15 is 0 Å². The van der Waals surface area contributed by atoms with E-state index in [1.807, 2.05) is 0 Å². The molecule has 0 bridgehead atoms. The Kier molecular flexibility index (Phi) is 3.08. The highest BCUT2D eigenvalue weighted by Gasteiger charge is 2.36. The molecule has 2 atom stereocenters. The van der Waals surface area contributed by atoms with Crippen LogP contribution in [0, 0.1) is 0 Å². The van der Waals surface area contributed by atoms with Crippen LogP contribution < -0.4 is 10.5 Å². The van der Waals surface area contributed by atoms with Gasteiger partial charge in [-0.1, -0.05) is 0 Å². The van der Waals surface area contributed by atoms with Crippen molar-refractivity contribution in [2.45, 2.75) is 12.2 Å². The molecule has 0 unspecified atom stereocenters. The highest BCUT2D eigenvalue weighted by atomic mass is 16.7. The van der Waals surface area contributed by atoms with Crippen LogP contribution in [0.25, 0.3) is 0 Å². The normalized spacial score (nSPS) is 23.6. The maximum atomic E-state index is 9.52. The molecule has 0 spiro atoms. The first-order valence-electron chi connectivity index (χ1n) is 5.04. The van der Waals surface area contributed by atoms with E-state index in [1.54, 1.807) is 24.3 Å². The number of benzene rings is 1. The van der Waals surface area contributed by atoms with Crippen LogP contribution in [0.2, 0.25) is 0 Å². The number of hydrogen-bond acceptors (Lipinski definition) is 6. The number of ether oxygens (including phenoxy) is 2. The first kappa shape index (κ1) is 11.6. The first-order valence-corrected chi connectivity index (χ1v) is 5.04. The molecule has 17 heavy (non-hydrogen) atoms. The van der Waals surface area contributed by atoms with Crippen LogP contribution in [0.1, 0.15) is 0 Å². The maximum absolute atomic E-state index is 9.52. The lowest BCUT2D eigenvalue weighted by atomic mass is 10.2. The zero-order valence-electron chi connectivity index (χ0n) is 8.91. The van der Waals surface area contributed by atoms with Crippen molar-refractivity contribution in [2.75, 3.05) is 12.3 Å². The fourth-order valence-electron chi connectivity index (χ4n) is 1.42. The summed E-state index contributed by atoms with van der Waals surface area (Å²) in [6.45, 7) is -0.417. The van der Waals surface area contributed by atoms with E-state index in [4.69, 9.17) is 20.3 Å². The largest absolute Gasteiger partial charge is 0.504 e. The Morgan fingerprint density at radius 3 is 2.47 bits per heavy atom. The number of anilines is 1. The molecule has 1 aliphatic heterocycles. The van der Waals surface area contributed by atoms with Crippen LogP contribution in [0.15, 0.2) is 36.0 Å². The van der Waals surface area contributed by atoms with Gasteiger partial charge in [-0.15, -0.1) is 0 Å². The van der Waals surface area contributed by atoms with Crippen molar-refractivity contribution in [3.05, 3.63) is 36.0 Å². The van der Waals surface area contributed by atoms with Gasteiger partial charge in [0.25, 0.3) is 0 Å². The number of hydrogen-bond donors (Lipinski definition) is 4. The van der Waals surface area contributed by atoms with Crippen molar-refractivity contribution in [1.29, 1.82) is 0 Å². The second-order valence-corrected chi connectivity index (χ2v) is 3.63. The molecule has 1 aromatic carbocycles. The summed E-state index contributed by atoms with van der Waals surface area (Å²) in [6, 6.07) is 6.44. The van der Waals surface area contributed by atoms with Crippen molar-refractivity contribution in [2.24, 2.45) is 0 Å². The van der Waals surface area contributed by atoms with Crippen molar-refractivity contribution in [3.63, 3.8) is 0 Å². The monoisotopic (exact) mass is 239 g/mol. The average Bonchev–Trinajstić information content (AvgIpc) is 2.60. The molecule has 0 aromatic heterocycles. The molecule has 0 aliphatic carbocycles. The minimum Gasteiger partial charge on any atom is -0.504 e. The third kappa shape index (κ3) is 2.27. The first-order chi connectivity index (χ1) is 8.11. The highest BCUT2D eigenvalue weighted by Crippen LogP contribution is 2.26. The predicted molar refractivity (Wildman–Crippen MR) is 59.1 cm³/mol. The Bertz CT molecular complexity index is 428. The van der Waals surface area contributed by atoms with Gasteiger partial charge >= 0.3 is 5.95 Å². The SMILES string of the molecule is Nc1ccc(OC2=C(O)[C@@H](O)[C@@H](CO)O2)cc1. The Labute approximate surface area is 97.5 Å². The van der Waals surface area contributed by atoms with E-state index in [0.717, 1.165) is 0 Å². The second kappa shape index (κ2) is 4.52. The summed E-state index contributed by atoms with van der Waals surface area (Å²) in [6.07, 6.45) is -2.18. The summed E-state index contributed by atoms with van der Waals surface area (Å²) in [7, 11) is 0. The smallest absolute Gasteiger partial charge is 0.327 e. The molecule has 0 saturated heterocycles. The zero-order chi connectivity index (χ0) is 12.4. The molecule has 92 valence electrons. The van der Waals surface area contributed by atoms with E-state index < -0.39 is 24.6 Å². The molecule has 0 saturated carbocycles. The Morgan fingerprint density at radius 1 is 1.29 bits per heavy atom. The molecule has 0 radical (unpaired) electrons. The molecule has 1 heterocycles. The van der Waals surface area contributed by atoms with Gasteiger partial charge in [0.1, 0.15) is 5.75 Å². The van der Waals surface area contributed by atoms with Gasteiger partial charge in [-0.25, -0.2) is 0 Å². The van der Waals surface area contributed by atoms with Gasteiger partial charge in [-0.05, 0) is 24.3 Å². The third-order valence-electron chi connectivity index (χ3n) is 2.37. The van der Waals surface area contributed by atoms with Gasteiger partial charge in [-0.3, -0.25) is 0 Å². The van der Waals surface area contributed by atoms with Crippen LogP contribution in [-0.4, -0.2) is 34.1 Å². The molecule has 0 amide bonds. The van der Waals surface area contributed by atoms with E-state index in [-0.39, 0.29) is 5.95 Å². The fraction of sp³-hybridized carbons (Fsp3) is 0.273. The van der Waals surface area contributed by atoms with Gasteiger partial charge < -0.3 is 30.5 Å². The Balaban J connectivity index is 2.12. The standard InChI is InChI=1S/C11H13NO5/c12-6-1-3-7(4-2-6)16-11-10(15)9(14)8(5-13)17-11/h1-4,8-9,13-15H,5,12H2/t8-,9+/m1/s1. The molecular formula is C11H13NO5. The van der Waals surface area contributed by atoms with Gasteiger partial charge in [-0.2, -0.15) is 0 Å². The van der Waals surface area contributed by atoms with Crippen LogP contribution in [0.4, 0.5) is 5.69 Å².